The zero-order valence-electron chi connectivity index (χ0n) is 9.89. The summed E-state index contributed by atoms with van der Waals surface area (Å²) in [7, 11) is 0. The summed E-state index contributed by atoms with van der Waals surface area (Å²) in [5, 5.41) is 9.25. The van der Waals surface area contributed by atoms with Gasteiger partial charge in [0.15, 0.2) is 0 Å². The van der Waals surface area contributed by atoms with Crippen molar-refractivity contribution in [2.75, 3.05) is 19.8 Å². The van der Waals surface area contributed by atoms with Gasteiger partial charge in [0.05, 0.1) is 13.2 Å². The minimum Gasteiger partial charge on any atom is -0.480 e. The summed E-state index contributed by atoms with van der Waals surface area (Å²) >= 11 is 0. The third-order valence-corrected chi connectivity index (χ3v) is 3.94. The molecule has 0 bridgehead atoms. The van der Waals surface area contributed by atoms with E-state index < -0.39 is 5.97 Å². The number of fused-ring (bicyclic) bond motifs is 1. The van der Waals surface area contributed by atoms with Gasteiger partial charge in [0.25, 0.3) is 0 Å². The molecule has 2 rings (SSSR count). The van der Waals surface area contributed by atoms with Crippen LogP contribution in [-0.4, -0.2) is 47.8 Å². The lowest BCUT2D eigenvalue weighted by molar-refractivity contribution is -0.144. The highest BCUT2D eigenvalue weighted by Crippen LogP contribution is 2.33. The van der Waals surface area contributed by atoms with Crippen molar-refractivity contribution < 1.29 is 14.6 Å². The first-order valence-corrected chi connectivity index (χ1v) is 6.30. The first-order valence-electron chi connectivity index (χ1n) is 6.30. The van der Waals surface area contributed by atoms with Crippen molar-refractivity contribution in [2.24, 2.45) is 5.92 Å². The molecule has 0 radical (unpaired) electrons. The fourth-order valence-electron chi connectivity index (χ4n) is 3.16. The van der Waals surface area contributed by atoms with E-state index in [1.54, 1.807) is 0 Å². The second-order valence-electron chi connectivity index (χ2n) is 4.83. The van der Waals surface area contributed by atoms with Crippen LogP contribution in [0.1, 0.15) is 32.6 Å². The lowest BCUT2D eigenvalue weighted by Crippen LogP contribution is -2.48. The molecule has 0 spiro atoms. The van der Waals surface area contributed by atoms with E-state index >= 15 is 0 Å². The van der Waals surface area contributed by atoms with Crippen molar-refractivity contribution >= 4 is 5.97 Å². The zero-order valence-corrected chi connectivity index (χ0v) is 9.89. The number of carbonyl (C=O) groups is 1. The van der Waals surface area contributed by atoms with Gasteiger partial charge in [-0.2, -0.15) is 0 Å². The molecule has 2 aliphatic rings. The summed E-state index contributed by atoms with van der Waals surface area (Å²) in [4.78, 5) is 13.4. The first kappa shape index (κ1) is 11.9. The van der Waals surface area contributed by atoms with Crippen molar-refractivity contribution in [1.29, 1.82) is 0 Å². The van der Waals surface area contributed by atoms with E-state index in [-0.39, 0.29) is 6.04 Å². The van der Waals surface area contributed by atoms with Crippen LogP contribution in [0.2, 0.25) is 0 Å². The average molecular weight is 227 g/mol. The van der Waals surface area contributed by atoms with Crippen LogP contribution >= 0.6 is 0 Å². The summed E-state index contributed by atoms with van der Waals surface area (Å²) in [6.07, 6.45) is 4.22. The maximum atomic E-state index is 11.2. The molecular formula is C12H21NO3. The maximum Gasteiger partial charge on any atom is 0.320 e. The number of carboxylic acid groups (broad SMARTS) is 1. The Morgan fingerprint density at radius 3 is 3.06 bits per heavy atom. The van der Waals surface area contributed by atoms with Gasteiger partial charge in [-0.3, -0.25) is 9.69 Å². The molecular weight excluding hydrogens is 206 g/mol. The highest BCUT2D eigenvalue weighted by molar-refractivity contribution is 5.73. The van der Waals surface area contributed by atoms with E-state index in [4.69, 9.17) is 4.74 Å². The average Bonchev–Trinajstić information content (AvgIpc) is 2.62. The molecule has 16 heavy (non-hydrogen) atoms. The maximum absolute atomic E-state index is 11.2. The Balaban J connectivity index is 2.12. The molecule has 0 aromatic carbocycles. The predicted molar refractivity (Wildman–Crippen MR) is 60.4 cm³/mol. The predicted octanol–water partition coefficient (Wildman–Crippen LogP) is 1.35. The number of hydrogen-bond acceptors (Lipinski definition) is 3. The summed E-state index contributed by atoms with van der Waals surface area (Å²) in [6.45, 7) is 4.22. The second kappa shape index (κ2) is 5.15. The summed E-state index contributed by atoms with van der Waals surface area (Å²) in [5.41, 5.74) is 0. The topological polar surface area (TPSA) is 49.8 Å². The van der Waals surface area contributed by atoms with Gasteiger partial charge in [-0.25, -0.2) is 0 Å². The van der Waals surface area contributed by atoms with Gasteiger partial charge >= 0.3 is 5.97 Å². The van der Waals surface area contributed by atoms with Crippen LogP contribution in [0.15, 0.2) is 0 Å². The Bertz CT molecular complexity index is 257. The molecule has 92 valence electrons. The molecule has 1 saturated heterocycles. The van der Waals surface area contributed by atoms with Gasteiger partial charge in [0, 0.05) is 12.6 Å². The van der Waals surface area contributed by atoms with E-state index in [2.05, 4.69) is 4.90 Å². The van der Waals surface area contributed by atoms with Crippen LogP contribution < -0.4 is 0 Å². The van der Waals surface area contributed by atoms with Crippen molar-refractivity contribution in [3.8, 4) is 0 Å². The van der Waals surface area contributed by atoms with Crippen molar-refractivity contribution in [3.05, 3.63) is 0 Å². The molecule has 0 amide bonds. The van der Waals surface area contributed by atoms with Gasteiger partial charge < -0.3 is 9.84 Å². The van der Waals surface area contributed by atoms with Crippen LogP contribution in [0.4, 0.5) is 0 Å². The van der Waals surface area contributed by atoms with Crippen LogP contribution in [0.25, 0.3) is 0 Å². The Hall–Kier alpha value is -0.610. The van der Waals surface area contributed by atoms with E-state index in [9.17, 15) is 9.90 Å². The second-order valence-corrected chi connectivity index (χ2v) is 4.83. The minimum atomic E-state index is -0.685. The smallest absolute Gasteiger partial charge is 0.320 e. The quantitative estimate of drug-likeness (QED) is 0.790. The summed E-state index contributed by atoms with van der Waals surface area (Å²) < 4.78 is 5.58. The van der Waals surface area contributed by atoms with E-state index in [0.717, 1.165) is 19.6 Å². The monoisotopic (exact) mass is 227 g/mol. The fourth-order valence-corrected chi connectivity index (χ4v) is 3.16. The number of rotatable bonds is 3. The lowest BCUT2D eigenvalue weighted by atomic mass is 10.0. The fraction of sp³-hybridized carbons (Fsp3) is 0.917. The standard InChI is InChI=1S/C12H21NO3/c1-2-10(12(14)15)13-6-7-16-8-9-4-3-5-11(9)13/h9-11H,2-8H2,1H3,(H,14,15)/t9-,10+,11+/m0/s1. The number of hydrogen-bond donors (Lipinski definition) is 1. The Labute approximate surface area is 96.6 Å². The van der Waals surface area contributed by atoms with E-state index in [0.29, 0.717) is 25.0 Å². The molecule has 0 unspecified atom stereocenters. The molecule has 1 saturated carbocycles. The Morgan fingerprint density at radius 1 is 1.56 bits per heavy atom. The van der Waals surface area contributed by atoms with Crippen LogP contribution in [0, 0.1) is 5.92 Å². The van der Waals surface area contributed by atoms with E-state index in [1.165, 1.54) is 12.8 Å². The summed E-state index contributed by atoms with van der Waals surface area (Å²) in [6, 6.07) is 0.107. The van der Waals surface area contributed by atoms with Crippen molar-refractivity contribution in [1.82, 2.24) is 4.90 Å². The van der Waals surface area contributed by atoms with Gasteiger partial charge in [0.1, 0.15) is 6.04 Å². The molecule has 1 heterocycles. The Kier molecular flexibility index (Phi) is 3.82. The molecule has 1 N–H and O–H groups in total. The highest BCUT2D eigenvalue weighted by atomic mass is 16.5. The Morgan fingerprint density at radius 2 is 2.38 bits per heavy atom. The third-order valence-electron chi connectivity index (χ3n) is 3.94. The molecule has 0 aromatic rings. The van der Waals surface area contributed by atoms with Crippen LogP contribution in [0.3, 0.4) is 0 Å². The van der Waals surface area contributed by atoms with Gasteiger partial charge in [-0.1, -0.05) is 13.3 Å². The molecule has 3 atom stereocenters. The summed E-state index contributed by atoms with van der Waals surface area (Å²) in [5.74, 6) is -0.133. The molecule has 4 heteroatoms. The normalized spacial score (nSPS) is 33.1. The number of aliphatic carboxylic acids is 1. The molecule has 4 nitrogen and oxygen atoms in total. The highest BCUT2D eigenvalue weighted by Gasteiger charge is 2.38. The number of ether oxygens (including phenoxy) is 1. The largest absolute Gasteiger partial charge is 0.480 e. The molecule has 0 aromatic heterocycles. The van der Waals surface area contributed by atoms with Crippen LogP contribution in [-0.2, 0) is 9.53 Å². The van der Waals surface area contributed by atoms with E-state index in [1.807, 2.05) is 6.92 Å². The van der Waals surface area contributed by atoms with Crippen molar-refractivity contribution in [2.45, 2.75) is 44.7 Å². The number of carboxylic acids is 1. The molecule has 2 fully saturated rings. The SMILES string of the molecule is CC[C@H](C(=O)O)N1CCOC[C@@H]2CCC[C@H]21. The van der Waals surface area contributed by atoms with Gasteiger partial charge in [-0.15, -0.1) is 0 Å². The lowest BCUT2D eigenvalue weighted by Gasteiger charge is -2.34. The molecule has 1 aliphatic heterocycles. The minimum absolute atomic E-state index is 0.327. The first-order chi connectivity index (χ1) is 7.74. The van der Waals surface area contributed by atoms with Gasteiger partial charge in [0.2, 0.25) is 0 Å². The molecule has 1 aliphatic carbocycles. The third kappa shape index (κ3) is 2.23. The van der Waals surface area contributed by atoms with Gasteiger partial charge in [-0.05, 0) is 25.2 Å². The zero-order chi connectivity index (χ0) is 11.5. The van der Waals surface area contributed by atoms with Crippen molar-refractivity contribution in [3.63, 3.8) is 0 Å². The number of nitrogens with zero attached hydrogens (tertiary/aromatic N) is 1. The van der Waals surface area contributed by atoms with Crippen LogP contribution in [0.5, 0.6) is 0 Å².